The van der Waals surface area contributed by atoms with Crippen molar-refractivity contribution in [1.29, 1.82) is 0 Å². The zero-order valence-corrected chi connectivity index (χ0v) is 14.3. The van der Waals surface area contributed by atoms with Crippen LogP contribution in [0.3, 0.4) is 0 Å². The van der Waals surface area contributed by atoms with E-state index >= 15 is 0 Å². The van der Waals surface area contributed by atoms with Gasteiger partial charge < -0.3 is 9.01 Å². The molecule has 0 amide bonds. The van der Waals surface area contributed by atoms with Crippen LogP contribution in [0.15, 0.2) is 12.3 Å². The number of phosphoric ester groups is 1. The normalized spacial score (nSPS) is 15.4. The lowest BCUT2D eigenvalue weighted by atomic mass is 10.1. The highest BCUT2D eigenvalue weighted by Crippen LogP contribution is 2.43. The van der Waals surface area contributed by atoms with Gasteiger partial charge in [0.25, 0.3) is 0 Å². The highest BCUT2D eigenvalue weighted by molar-refractivity contribution is 7.47. The molecule has 0 rings (SSSR count). The fourth-order valence-corrected chi connectivity index (χ4v) is 2.13. The first kappa shape index (κ1) is 19.7. The molecule has 0 aromatic rings. The van der Waals surface area contributed by atoms with E-state index in [9.17, 15) is 9.46 Å². The molecule has 6 heteroatoms. The zero-order valence-electron chi connectivity index (χ0n) is 13.4. The molecule has 120 valence electrons. The number of quaternary nitrogens is 1. The quantitative estimate of drug-likeness (QED) is 0.258. The minimum absolute atomic E-state index is 0.197. The van der Waals surface area contributed by atoms with E-state index < -0.39 is 7.82 Å². The third-order valence-electron chi connectivity index (χ3n) is 2.78. The Morgan fingerprint density at radius 1 is 1.15 bits per heavy atom. The Bertz CT molecular complexity index is 313. The Labute approximate surface area is 123 Å². The van der Waals surface area contributed by atoms with Crippen LogP contribution in [0.4, 0.5) is 0 Å². The molecule has 0 heterocycles. The number of phosphoric acid groups is 1. The molecule has 0 saturated heterocycles. The second-order valence-electron chi connectivity index (χ2n) is 6.00. The van der Waals surface area contributed by atoms with Crippen LogP contribution in [0, 0.1) is 0 Å². The van der Waals surface area contributed by atoms with E-state index in [1.54, 1.807) is 6.08 Å². The summed E-state index contributed by atoms with van der Waals surface area (Å²) in [6.45, 7) is 3.03. The Balaban J connectivity index is 3.67. The van der Waals surface area contributed by atoms with Crippen molar-refractivity contribution in [2.45, 2.75) is 45.4 Å². The minimum Gasteiger partial charge on any atom is -0.412 e. The van der Waals surface area contributed by atoms with Crippen LogP contribution in [-0.4, -0.2) is 43.7 Å². The van der Waals surface area contributed by atoms with Gasteiger partial charge in [0, 0.05) is 0 Å². The van der Waals surface area contributed by atoms with Crippen molar-refractivity contribution < 1.29 is 23.0 Å². The smallest absolute Gasteiger partial charge is 0.412 e. The van der Waals surface area contributed by atoms with Crippen molar-refractivity contribution in [1.82, 2.24) is 0 Å². The lowest BCUT2D eigenvalue weighted by Gasteiger charge is -2.23. The Morgan fingerprint density at radius 3 is 2.40 bits per heavy atom. The van der Waals surface area contributed by atoms with Gasteiger partial charge >= 0.3 is 7.82 Å². The summed E-state index contributed by atoms with van der Waals surface area (Å²) in [7, 11) is 2.03. The van der Waals surface area contributed by atoms with Crippen LogP contribution in [0.5, 0.6) is 0 Å². The molecule has 0 aliphatic rings. The number of rotatable bonds is 12. The average molecular weight is 308 g/mol. The number of nitrogens with zero attached hydrogens (tertiary/aromatic N) is 1. The van der Waals surface area contributed by atoms with Crippen LogP contribution in [0.1, 0.15) is 45.4 Å². The number of likely N-dealkylation sites (N-methyl/N-ethyl adjacent to an activating group) is 1. The summed E-state index contributed by atoms with van der Waals surface area (Å²) in [5.74, 6) is 0. The number of unbranched alkanes of at least 4 members (excludes halogenated alkanes) is 5. The fourth-order valence-electron chi connectivity index (χ4n) is 1.51. The first-order valence-corrected chi connectivity index (χ1v) is 8.87. The summed E-state index contributed by atoms with van der Waals surface area (Å²) in [5.41, 5.74) is 0. The molecule has 5 nitrogen and oxygen atoms in total. The van der Waals surface area contributed by atoms with Crippen LogP contribution in [0.2, 0.25) is 0 Å². The Kier molecular flexibility index (Phi) is 10.2. The van der Waals surface area contributed by atoms with Gasteiger partial charge in [-0.05, 0) is 18.9 Å². The van der Waals surface area contributed by atoms with E-state index in [1.807, 2.05) is 21.1 Å². The van der Waals surface area contributed by atoms with E-state index in [4.69, 9.17) is 9.05 Å². The van der Waals surface area contributed by atoms with E-state index in [-0.39, 0.29) is 6.61 Å². The molecular weight excluding hydrogens is 277 g/mol. The highest BCUT2D eigenvalue weighted by Gasteiger charge is 2.21. The van der Waals surface area contributed by atoms with Crippen molar-refractivity contribution >= 4 is 7.82 Å². The molecule has 0 spiro atoms. The summed E-state index contributed by atoms with van der Waals surface area (Å²) in [4.78, 5) is 9.44. The molecule has 0 bridgehead atoms. The van der Waals surface area contributed by atoms with Gasteiger partial charge in [-0.25, -0.2) is 4.57 Å². The van der Waals surface area contributed by atoms with Crippen molar-refractivity contribution in [3.63, 3.8) is 0 Å². The molecule has 0 aromatic heterocycles. The molecule has 0 radical (unpaired) electrons. The molecule has 0 aromatic carbocycles. The average Bonchev–Trinajstić information content (AvgIpc) is 2.30. The first-order valence-electron chi connectivity index (χ1n) is 7.38. The van der Waals surface area contributed by atoms with Crippen LogP contribution in [0.25, 0.3) is 0 Å². The lowest BCUT2D eigenvalue weighted by molar-refractivity contribution is -0.870. The SMILES string of the molecule is CCCCCCCC=COP(=O)(O)OCC[N+](C)(C)C. The van der Waals surface area contributed by atoms with Crippen molar-refractivity contribution in [2.24, 2.45) is 0 Å². The second-order valence-corrected chi connectivity index (χ2v) is 7.40. The molecule has 0 saturated carbocycles. The molecule has 0 aliphatic heterocycles. The molecule has 1 N–H and O–H groups in total. The van der Waals surface area contributed by atoms with E-state index in [1.165, 1.54) is 31.9 Å². The maximum absolute atomic E-state index is 11.5. The van der Waals surface area contributed by atoms with Gasteiger partial charge in [0.05, 0.1) is 27.4 Å². The van der Waals surface area contributed by atoms with Gasteiger partial charge in [0.1, 0.15) is 13.2 Å². The summed E-state index contributed by atoms with van der Waals surface area (Å²) in [6.07, 6.45) is 9.95. The molecule has 1 atom stereocenters. The maximum atomic E-state index is 11.5. The Morgan fingerprint density at radius 2 is 1.80 bits per heavy atom. The predicted molar refractivity (Wildman–Crippen MR) is 82.3 cm³/mol. The monoisotopic (exact) mass is 308 g/mol. The summed E-state index contributed by atoms with van der Waals surface area (Å²) < 4.78 is 21.9. The van der Waals surface area contributed by atoms with E-state index in [0.29, 0.717) is 11.0 Å². The summed E-state index contributed by atoms with van der Waals surface area (Å²) in [5, 5.41) is 0. The first-order chi connectivity index (χ1) is 9.27. The molecule has 20 heavy (non-hydrogen) atoms. The number of hydrogen-bond donors (Lipinski definition) is 1. The van der Waals surface area contributed by atoms with Crippen LogP contribution in [-0.2, 0) is 13.6 Å². The van der Waals surface area contributed by atoms with Gasteiger partial charge in [-0.1, -0.05) is 32.6 Å². The van der Waals surface area contributed by atoms with Crippen molar-refractivity contribution in [3.05, 3.63) is 12.3 Å². The zero-order chi connectivity index (χ0) is 15.5. The Hall–Kier alpha value is -0.350. The number of hydrogen-bond acceptors (Lipinski definition) is 3. The topological polar surface area (TPSA) is 55.8 Å². The summed E-state index contributed by atoms with van der Waals surface area (Å²) in [6, 6.07) is 0. The third-order valence-corrected chi connectivity index (χ3v) is 3.68. The predicted octanol–water partition coefficient (Wildman–Crippen LogP) is 3.70. The van der Waals surface area contributed by atoms with Crippen molar-refractivity contribution in [2.75, 3.05) is 34.3 Å². The summed E-state index contributed by atoms with van der Waals surface area (Å²) >= 11 is 0. The van der Waals surface area contributed by atoms with Crippen molar-refractivity contribution in [3.8, 4) is 0 Å². The highest BCUT2D eigenvalue weighted by atomic mass is 31.2. The van der Waals surface area contributed by atoms with Gasteiger partial charge in [-0.15, -0.1) is 0 Å². The van der Waals surface area contributed by atoms with Gasteiger partial charge in [-0.3, -0.25) is 9.42 Å². The fraction of sp³-hybridized carbons (Fsp3) is 0.857. The van der Waals surface area contributed by atoms with Gasteiger partial charge in [0.2, 0.25) is 0 Å². The lowest BCUT2D eigenvalue weighted by Crippen LogP contribution is -2.37. The minimum atomic E-state index is -3.94. The van der Waals surface area contributed by atoms with Gasteiger partial charge in [-0.2, -0.15) is 0 Å². The molecule has 1 unspecified atom stereocenters. The van der Waals surface area contributed by atoms with E-state index in [0.717, 1.165) is 12.8 Å². The molecule has 0 fully saturated rings. The van der Waals surface area contributed by atoms with Crippen LogP contribution >= 0.6 is 7.82 Å². The maximum Gasteiger partial charge on any atom is 0.527 e. The molecular formula is C14H31NO4P+. The van der Waals surface area contributed by atoms with Gasteiger partial charge in [0.15, 0.2) is 0 Å². The number of allylic oxidation sites excluding steroid dienone is 1. The van der Waals surface area contributed by atoms with Crippen LogP contribution < -0.4 is 0 Å². The second kappa shape index (κ2) is 10.4. The standard InChI is InChI=1S/C14H30NO4P/c1-5-6-7-8-9-10-11-13-18-20(16,17)19-14-12-15(2,3)4/h11,13H,5-10,12,14H2,1-4H3/p+1. The van der Waals surface area contributed by atoms with E-state index in [2.05, 4.69) is 6.92 Å². The third kappa shape index (κ3) is 14.1. The largest absolute Gasteiger partial charge is 0.527 e. The molecule has 0 aliphatic carbocycles.